The van der Waals surface area contributed by atoms with E-state index in [2.05, 4.69) is 4.98 Å². The Bertz CT molecular complexity index is 326. The van der Waals surface area contributed by atoms with E-state index in [-0.39, 0.29) is 18.4 Å². The van der Waals surface area contributed by atoms with Gasteiger partial charge in [0.15, 0.2) is 0 Å². The molecule has 0 radical (unpaired) electrons. The van der Waals surface area contributed by atoms with Gasteiger partial charge in [-0.25, -0.2) is 4.98 Å². The lowest BCUT2D eigenvalue weighted by Gasteiger charge is -2.27. The number of hydrogen-bond donors (Lipinski definition) is 1. The summed E-state index contributed by atoms with van der Waals surface area (Å²) in [6.45, 7) is 1.64. The summed E-state index contributed by atoms with van der Waals surface area (Å²) in [4.78, 5) is 4.18. The molecular weight excluding hydrogens is 240 g/mol. The lowest BCUT2D eigenvalue weighted by atomic mass is 9.88. The van der Waals surface area contributed by atoms with E-state index < -0.39 is 0 Å². The largest absolute Gasteiger partial charge is 0.481 e. The summed E-state index contributed by atoms with van der Waals surface area (Å²) in [6, 6.07) is 3.91. The summed E-state index contributed by atoms with van der Waals surface area (Å²) >= 11 is 0. The highest BCUT2D eigenvalue weighted by Crippen LogP contribution is 2.28. The van der Waals surface area contributed by atoms with Crippen LogP contribution in [0.1, 0.15) is 24.4 Å². The minimum atomic E-state index is 0. The predicted molar refractivity (Wildman–Crippen MR) is 68.5 cm³/mol. The van der Waals surface area contributed by atoms with Crippen molar-refractivity contribution in [3.63, 3.8) is 0 Å². The van der Waals surface area contributed by atoms with Crippen molar-refractivity contribution in [3.8, 4) is 5.88 Å². The average Bonchev–Trinajstić information content (AvgIpc) is 2.39. The number of nitrogens with two attached hydrogens (primary N) is 1. The summed E-state index contributed by atoms with van der Waals surface area (Å²) in [5.41, 5.74) is 7.30. The second-order valence-electron chi connectivity index (χ2n) is 4.11. The molecule has 1 unspecified atom stereocenters. The molecule has 5 heteroatoms. The average molecular weight is 259 g/mol. The Hall–Kier alpha value is -0.840. The van der Waals surface area contributed by atoms with E-state index >= 15 is 0 Å². The van der Waals surface area contributed by atoms with Gasteiger partial charge in [-0.3, -0.25) is 0 Å². The van der Waals surface area contributed by atoms with Crippen molar-refractivity contribution in [2.75, 3.05) is 20.3 Å². The van der Waals surface area contributed by atoms with Crippen LogP contribution in [-0.4, -0.2) is 25.3 Å². The quantitative estimate of drug-likeness (QED) is 0.900. The summed E-state index contributed by atoms with van der Waals surface area (Å²) in [5, 5.41) is 0. The highest BCUT2D eigenvalue weighted by Gasteiger charge is 2.22. The van der Waals surface area contributed by atoms with Crippen molar-refractivity contribution in [2.24, 2.45) is 11.7 Å². The van der Waals surface area contributed by atoms with E-state index in [1.54, 1.807) is 13.3 Å². The number of rotatable bonds is 3. The van der Waals surface area contributed by atoms with E-state index in [1.807, 2.05) is 12.1 Å². The van der Waals surface area contributed by atoms with E-state index in [1.165, 1.54) is 0 Å². The molecule has 1 saturated heterocycles. The SMILES string of the molecule is COc1ccc(C(N)C2CCOCC2)cn1.Cl. The van der Waals surface area contributed by atoms with Crippen molar-refractivity contribution in [2.45, 2.75) is 18.9 Å². The highest BCUT2D eigenvalue weighted by molar-refractivity contribution is 5.85. The van der Waals surface area contributed by atoms with Gasteiger partial charge in [0, 0.05) is 31.5 Å². The molecule has 1 aromatic rings. The van der Waals surface area contributed by atoms with Gasteiger partial charge in [-0.05, 0) is 24.3 Å². The molecule has 1 aliphatic heterocycles. The van der Waals surface area contributed by atoms with E-state index in [9.17, 15) is 0 Å². The van der Waals surface area contributed by atoms with Gasteiger partial charge in [-0.1, -0.05) is 6.07 Å². The van der Waals surface area contributed by atoms with E-state index in [4.69, 9.17) is 15.2 Å². The first kappa shape index (κ1) is 14.2. The fraction of sp³-hybridized carbons (Fsp3) is 0.583. The van der Waals surface area contributed by atoms with Gasteiger partial charge in [-0.15, -0.1) is 12.4 Å². The van der Waals surface area contributed by atoms with Gasteiger partial charge in [0.1, 0.15) is 0 Å². The topological polar surface area (TPSA) is 57.4 Å². The third-order valence-corrected chi connectivity index (χ3v) is 3.13. The van der Waals surface area contributed by atoms with Crippen molar-refractivity contribution < 1.29 is 9.47 Å². The molecule has 2 heterocycles. The Morgan fingerprint density at radius 1 is 1.41 bits per heavy atom. The zero-order chi connectivity index (χ0) is 11.4. The van der Waals surface area contributed by atoms with Crippen LogP contribution in [0.15, 0.2) is 18.3 Å². The Kier molecular flexibility index (Phi) is 5.68. The predicted octanol–water partition coefficient (Wildman–Crippen LogP) is 1.94. The molecule has 2 rings (SSSR count). The monoisotopic (exact) mass is 258 g/mol. The first-order chi connectivity index (χ1) is 7.81. The van der Waals surface area contributed by atoms with Crippen LogP contribution in [0.4, 0.5) is 0 Å². The molecule has 4 nitrogen and oxygen atoms in total. The minimum absolute atomic E-state index is 0. The first-order valence-electron chi connectivity index (χ1n) is 5.64. The smallest absolute Gasteiger partial charge is 0.212 e. The fourth-order valence-electron chi connectivity index (χ4n) is 2.06. The van der Waals surface area contributed by atoms with Crippen LogP contribution in [0.5, 0.6) is 5.88 Å². The Morgan fingerprint density at radius 2 is 2.12 bits per heavy atom. The highest BCUT2D eigenvalue weighted by atomic mass is 35.5. The molecule has 0 saturated carbocycles. The second kappa shape index (κ2) is 6.79. The van der Waals surface area contributed by atoms with E-state index in [0.717, 1.165) is 31.6 Å². The van der Waals surface area contributed by atoms with Crippen molar-refractivity contribution >= 4 is 12.4 Å². The number of nitrogens with zero attached hydrogens (tertiary/aromatic N) is 1. The summed E-state index contributed by atoms with van der Waals surface area (Å²) in [5.74, 6) is 1.13. The third kappa shape index (κ3) is 3.56. The van der Waals surface area contributed by atoms with Gasteiger partial charge in [0.2, 0.25) is 5.88 Å². The molecule has 0 bridgehead atoms. The number of aromatic nitrogens is 1. The maximum atomic E-state index is 6.22. The summed E-state index contributed by atoms with van der Waals surface area (Å²) in [6.07, 6.45) is 3.87. The molecule has 0 aliphatic carbocycles. The lowest BCUT2D eigenvalue weighted by Crippen LogP contribution is -2.27. The maximum Gasteiger partial charge on any atom is 0.212 e. The third-order valence-electron chi connectivity index (χ3n) is 3.13. The van der Waals surface area contributed by atoms with Crippen LogP contribution in [0, 0.1) is 5.92 Å². The van der Waals surface area contributed by atoms with Crippen LogP contribution in [-0.2, 0) is 4.74 Å². The van der Waals surface area contributed by atoms with Crippen molar-refractivity contribution in [1.82, 2.24) is 4.98 Å². The number of pyridine rings is 1. The van der Waals surface area contributed by atoms with Crippen LogP contribution in [0.3, 0.4) is 0 Å². The number of ether oxygens (including phenoxy) is 2. The van der Waals surface area contributed by atoms with Gasteiger partial charge in [-0.2, -0.15) is 0 Å². The minimum Gasteiger partial charge on any atom is -0.481 e. The Labute approximate surface area is 108 Å². The number of halogens is 1. The Balaban J connectivity index is 0.00000144. The molecule has 0 spiro atoms. The van der Waals surface area contributed by atoms with Gasteiger partial charge in [0.05, 0.1) is 7.11 Å². The number of hydrogen-bond acceptors (Lipinski definition) is 4. The van der Waals surface area contributed by atoms with Gasteiger partial charge >= 0.3 is 0 Å². The van der Waals surface area contributed by atoms with Crippen molar-refractivity contribution in [3.05, 3.63) is 23.9 Å². The summed E-state index contributed by atoms with van der Waals surface area (Å²) < 4.78 is 10.4. The molecule has 17 heavy (non-hydrogen) atoms. The van der Waals surface area contributed by atoms with Crippen LogP contribution < -0.4 is 10.5 Å². The second-order valence-corrected chi connectivity index (χ2v) is 4.11. The molecule has 1 atom stereocenters. The Morgan fingerprint density at radius 3 is 2.65 bits per heavy atom. The zero-order valence-electron chi connectivity index (χ0n) is 9.96. The van der Waals surface area contributed by atoms with Gasteiger partial charge in [0.25, 0.3) is 0 Å². The molecule has 1 aromatic heterocycles. The molecule has 2 N–H and O–H groups in total. The number of methoxy groups -OCH3 is 1. The summed E-state index contributed by atoms with van der Waals surface area (Å²) in [7, 11) is 1.61. The molecule has 96 valence electrons. The molecule has 0 aromatic carbocycles. The van der Waals surface area contributed by atoms with Crippen LogP contribution in [0.2, 0.25) is 0 Å². The lowest BCUT2D eigenvalue weighted by molar-refractivity contribution is 0.0583. The maximum absolute atomic E-state index is 6.22. The molecule has 0 amide bonds. The standard InChI is InChI=1S/C12H18N2O2.ClH/c1-15-11-3-2-10(8-14-11)12(13)9-4-6-16-7-5-9;/h2-3,8-9,12H,4-7,13H2,1H3;1H. The molecular formula is C12H19ClN2O2. The van der Waals surface area contributed by atoms with Gasteiger partial charge < -0.3 is 15.2 Å². The first-order valence-corrected chi connectivity index (χ1v) is 5.64. The zero-order valence-corrected chi connectivity index (χ0v) is 10.8. The molecule has 1 fully saturated rings. The molecule has 1 aliphatic rings. The van der Waals surface area contributed by atoms with Crippen molar-refractivity contribution in [1.29, 1.82) is 0 Å². The van der Waals surface area contributed by atoms with E-state index in [0.29, 0.717) is 11.8 Å². The normalized spacial score (nSPS) is 18.2. The fourth-order valence-corrected chi connectivity index (χ4v) is 2.06. The van der Waals surface area contributed by atoms with Crippen LogP contribution >= 0.6 is 12.4 Å². The van der Waals surface area contributed by atoms with Crippen LogP contribution in [0.25, 0.3) is 0 Å².